The molecule has 1 aromatic carbocycles. The number of rotatable bonds is 10. The Labute approximate surface area is 248 Å². The Balaban J connectivity index is 0.00000280. The number of hydrogen-bond acceptors (Lipinski definition) is 5. The molecule has 1 unspecified atom stereocenters. The first-order valence-electron chi connectivity index (χ1n) is 13.8. The van der Waals surface area contributed by atoms with Gasteiger partial charge in [0.25, 0.3) is 11.8 Å². The van der Waals surface area contributed by atoms with Gasteiger partial charge in [-0.25, -0.2) is 13.8 Å². The van der Waals surface area contributed by atoms with Gasteiger partial charge in [-0.15, -0.1) is 24.8 Å². The Hall–Kier alpha value is -2.01. The van der Waals surface area contributed by atoms with E-state index in [4.69, 9.17) is 9.72 Å². The predicted molar refractivity (Wildman–Crippen MR) is 157 cm³/mol. The maximum absolute atomic E-state index is 14.1. The second kappa shape index (κ2) is 15.3. The van der Waals surface area contributed by atoms with E-state index < -0.39 is 5.92 Å². The normalized spacial score (nSPS) is 20.6. The quantitative estimate of drug-likeness (QED) is 0.399. The predicted octanol–water partition coefficient (Wildman–Crippen LogP) is 4.64. The second-order valence-electron chi connectivity index (χ2n) is 11.1. The largest absolute Gasteiger partial charge is 0.385 e. The molecule has 1 N–H and O–H groups in total. The van der Waals surface area contributed by atoms with E-state index in [1.54, 1.807) is 12.0 Å². The molecule has 0 radical (unpaired) electrons. The van der Waals surface area contributed by atoms with Gasteiger partial charge in [0, 0.05) is 71.9 Å². The van der Waals surface area contributed by atoms with Gasteiger partial charge < -0.3 is 24.4 Å². The SMILES string of the molecule is COCCCCn1c(C(=O)N(CC(C)C)[C@@H]2CNCC(C(=O)N3CCC(F)(F)CC3)C2)nc2ccccc21.Cl.Cl. The van der Waals surface area contributed by atoms with Crippen LogP contribution in [0.15, 0.2) is 24.3 Å². The lowest BCUT2D eigenvalue weighted by Crippen LogP contribution is -2.56. The lowest BCUT2D eigenvalue weighted by Gasteiger charge is -2.40. The van der Waals surface area contributed by atoms with Crippen LogP contribution in [0.25, 0.3) is 11.0 Å². The minimum absolute atomic E-state index is 0. The van der Waals surface area contributed by atoms with Gasteiger partial charge in [-0.1, -0.05) is 26.0 Å². The van der Waals surface area contributed by atoms with E-state index >= 15 is 0 Å². The third-order valence-corrected chi connectivity index (χ3v) is 7.57. The van der Waals surface area contributed by atoms with Gasteiger partial charge in [0.05, 0.1) is 17.0 Å². The first kappa shape index (κ1) is 34.2. The summed E-state index contributed by atoms with van der Waals surface area (Å²) in [5.74, 6) is -2.65. The number of imidazole rings is 1. The van der Waals surface area contributed by atoms with Gasteiger partial charge in [0.15, 0.2) is 5.82 Å². The lowest BCUT2D eigenvalue weighted by molar-refractivity contribution is -0.142. The highest BCUT2D eigenvalue weighted by atomic mass is 35.5. The molecule has 40 heavy (non-hydrogen) atoms. The van der Waals surface area contributed by atoms with Crippen LogP contribution in [0.2, 0.25) is 0 Å². The molecule has 0 bridgehead atoms. The van der Waals surface area contributed by atoms with Gasteiger partial charge in [0.2, 0.25) is 5.91 Å². The molecule has 2 fully saturated rings. The number of methoxy groups -OCH3 is 1. The van der Waals surface area contributed by atoms with Crippen LogP contribution in [0.1, 0.15) is 56.6 Å². The molecular weight excluding hydrogens is 563 g/mol. The number of nitrogens with one attached hydrogen (secondary N) is 1. The summed E-state index contributed by atoms with van der Waals surface area (Å²) in [5, 5.41) is 3.34. The summed E-state index contributed by atoms with van der Waals surface area (Å²) in [7, 11) is 1.68. The zero-order valence-electron chi connectivity index (χ0n) is 23.6. The number of unbranched alkanes of at least 4 members (excludes halogenated alkanes) is 1. The van der Waals surface area contributed by atoms with Crippen molar-refractivity contribution in [1.29, 1.82) is 0 Å². The standard InChI is InChI=1S/C28H41F2N5O3.2ClH/c1-20(2)19-35(22-16-21(17-31-18-22)26(36)33-13-10-28(29,30)11-14-33)27(37)25-32-23-8-4-5-9-24(23)34(25)12-6-7-15-38-3;;/h4-5,8-9,20-22,31H,6-7,10-19H2,1-3H3;2*1H/t21?,22-;;/m0../s1. The number of aromatic nitrogens is 2. The molecule has 1 aromatic heterocycles. The summed E-state index contributed by atoms with van der Waals surface area (Å²) in [4.78, 5) is 35.6. The fourth-order valence-corrected chi connectivity index (χ4v) is 5.56. The number of benzene rings is 1. The van der Waals surface area contributed by atoms with Crippen molar-refractivity contribution in [3.05, 3.63) is 30.1 Å². The molecule has 226 valence electrons. The highest BCUT2D eigenvalue weighted by Crippen LogP contribution is 2.30. The van der Waals surface area contributed by atoms with Crippen LogP contribution in [-0.4, -0.2) is 89.6 Å². The number of hydrogen-bond donors (Lipinski definition) is 1. The summed E-state index contributed by atoms with van der Waals surface area (Å²) in [6.07, 6.45) is 1.66. The molecule has 0 spiro atoms. The topological polar surface area (TPSA) is 79.7 Å². The molecule has 0 saturated carbocycles. The van der Waals surface area contributed by atoms with E-state index in [1.807, 2.05) is 33.7 Å². The third kappa shape index (κ3) is 8.27. The van der Waals surface area contributed by atoms with Crippen LogP contribution in [0.3, 0.4) is 0 Å². The number of carbonyl (C=O) groups excluding carboxylic acids is 2. The van der Waals surface area contributed by atoms with Crippen LogP contribution in [0.5, 0.6) is 0 Å². The van der Waals surface area contributed by atoms with Crippen LogP contribution >= 0.6 is 24.8 Å². The molecule has 2 saturated heterocycles. The molecular formula is C28H43Cl2F2N5O3. The Morgan fingerprint density at radius 3 is 2.52 bits per heavy atom. The molecule has 2 amide bonds. The molecule has 2 aliphatic rings. The fourth-order valence-electron chi connectivity index (χ4n) is 5.56. The van der Waals surface area contributed by atoms with Gasteiger partial charge in [-0.05, 0) is 37.3 Å². The molecule has 2 atom stereocenters. The first-order chi connectivity index (χ1) is 18.2. The van der Waals surface area contributed by atoms with Gasteiger partial charge >= 0.3 is 0 Å². The second-order valence-corrected chi connectivity index (χ2v) is 11.1. The highest BCUT2D eigenvalue weighted by Gasteiger charge is 2.40. The van der Waals surface area contributed by atoms with Crippen molar-refractivity contribution in [1.82, 2.24) is 24.7 Å². The van der Waals surface area contributed by atoms with Gasteiger partial charge in [-0.2, -0.15) is 0 Å². The average molecular weight is 607 g/mol. The monoisotopic (exact) mass is 605 g/mol. The molecule has 8 nitrogen and oxygen atoms in total. The Kier molecular flexibility index (Phi) is 13.1. The van der Waals surface area contributed by atoms with Crippen LogP contribution < -0.4 is 5.32 Å². The first-order valence-corrected chi connectivity index (χ1v) is 13.8. The number of alkyl halides is 2. The van der Waals surface area contributed by atoms with Crippen molar-refractivity contribution in [3.63, 3.8) is 0 Å². The van der Waals surface area contributed by atoms with E-state index in [-0.39, 0.29) is 80.4 Å². The summed E-state index contributed by atoms with van der Waals surface area (Å²) < 4.78 is 34.5. The van der Waals surface area contributed by atoms with E-state index in [2.05, 4.69) is 19.2 Å². The maximum atomic E-state index is 14.1. The number of likely N-dealkylation sites (tertiary alicyclic amines) is 1. The molecule has 3 heterocycles. The summed E-state index contributed by atoms with van der Waals surface area (Å²) >= 11 is 0. The molecule has 4 rings (SSSR count). The number of fused-ring (bicyclic) bond motifs is 1. The lowest BCUT2D eigenvalue weighted by atomic mass is 9.91. The third-order valence-electron chi connectivity index (χ3n) is 7.57. The van der Waals surface area contributed by atoms with Crippen molar-refractivity contribution < 1.29 is 23.1 Å². The molecule has 2 aromatic rings. The highest BCUT2D eigenvalue weighted by molar-refractivity contribution is 5.95. The summed E-state index contributed by atoms with van der Waals surface area (Å²) in [6, 6.07) is 7.58. The van der Waals surface area contributed by atoms with E-state index in [0.29, 0.717) is 45.0 Å². The van der Waals surface area contributed by atoms with Crippen molar-refractivity contribution in [3.8, 4) is 0 Å². The summed E-state index contributed by atoms with van der Waals surface area (Å²) in [6.45, 7) is 7.22. The molecule has 12 heteroatoms. The zero-order chi connectivity index (χ0) is 27.3. The number of halogens is 4. The minimum Gasteiger partial charge on any atom is -0.385 e. The Morgan fingerprint density at radius 1 is 1.15 bits per heavy atom. The van der Waals surface area contributed by atoms with Crippen molar-refractivity contribution in [2.45, 2.75) is 64.5 Å². The maximum Gasteiger partial charge on any atom is 0.290 e. The number of para-hydroxylation sites is 2. The number of ether oxygens (including phenoxy) is 1. The number of nitrogens with zero attached hydrogens (tertiary/aromatic N) is 4. The minimum atomic E-state index is -2.69. The number of amides is 2. The van der Waals surface area contributed by atoms with Crippen LogP contribution in [0, 0.1) is 11.8 Å². The molecule has 0 aliphatic carbocycles. The Morgan fingerprint density at radius 2 is 1.85 bits per heavy atom. The molecule has 2 aliphatic heterocycles. The van der Waals surface area contributed by atoms with Crippen molar-refractivity contribution in [2.75, 3.05) is 46.4 Å². The Bertz CT molecular complexity index is 1110. The number of aryl methyl sites for hydroxylation is 1. The number of piperidine rings is 2. The van der Waals surface area contributed by atoms with Crippen LogP contribution in [-0.2, 0) is 16.1 Å². The smallest absolute Gasteiger partial charge is 0.290 e. The van der Waals surface area contributed by atoms with Gasteiger partial charge in [-0.3, -0.25) is 9.59 Å². The van der Waals surface area contributed by atoms with E-state index in [9.17, 15) is 18.4 Å². The fraction of sp³-hybridized carbons (Fsp3) is 0.679. The summed E-state index contributed by atoms with van der Waals surface area (Å²) in [5.41, 5.74) is 1.71. The van der Waals surface area contributed by atoms with Crippen molar-refractivity contribution >= 4 is 47.7 Å². The number of carbonyl (C=O) groups is 2. The van der Waals surface area contributed by atoms with E-state index in [0.717, 1.165) is 23.9 Å². The zero-order valence-corrected chi connectivity index (χ0v) is 25.2. The van der Waals surface area contributed by atoms with Crippen molar-refractivity contribution in [2.24, 2.45) is 11.8 Å². The van der Waals surface area contributed by atoms with E-state index in [1.165, 1.54) is 0 Å². The van der Waals surface area contributed by atoms with Crippen LogP contribution in [0.4, 0.5) is 8.78 Å². The van der Waals surface area contributed by atoms with Gasteiger partial charge in [0.1, 0.15) is 0 Å². The average Bonchev–Trinajstić information content (AvgIpc) is 3.27.